The third-order valence-corrected chi connectivity index (χ3v) is 4.25. The number of carbonyl (C=O) groups excluding carboxylic acids is 2. The molecule has 1 aliphatic carbocycles. The molecule has 1 aromatic heterocycles. The Hall–Kier alpha value is -1.57. The fourth-order valence-electron chi connectivity index (χ4n) is 2.48. The lowest BCUT2D eigenvalue weighted by molar-refractivity contribution is -0.141. The van der Waals surface area contributed by atoms with Crippen molar-refractivity contribution in [3.05, 3.63) is 16.9 Å². The molecule has 1 saturated heterocycles. The lowest BCUT2D eigenvalue weighted by Gasteiger charge is -2.41. The third kappa shape index (κ3) is 2.17. The van der Waals surface area contributed by atoms with Crippen molar-refractivity contribution in [3.63, 3.8) is 0 Å². The van der Waals surface area contributed by atoms with Gasteiger partial charge in [0.25, 0.3) is 5.91 Å². The van der Waals surface area contributed by atoms with Gasteiger partial charge in [0.2, 0.25) is 0 Å². The van der Waals surface area contributed by atoms with Gasteiger partial charge in [-0.25, -0.2) is 4.79 Å². The third-order valence-electron chi connectivity index (χ3n) is 3.84. The van der Waals surface area contributed by atoms with Crippen LogP contribution >= 0.6 is 15.9 Å². The molecule has 0 spiro atoms. The Labute approximate surface area is 124 Å². The van der Waals surface area contributed by atoms with Crippen LogP contribution in [0.15, 0.2) is 16.9 Å². The fourth-order valence-corrected chi connectivity index (χ4v) is 2.77. The molecular weight excluding hydrogens is 326 g/mol. The summed E-state index contributed by atoms with van der Waals surface area (Å²) in [4.78, 5) is 25.5. The van der Waals surface area contributed by atoms with Gasteiger partial charge in [-0.15, -0.1) is 0 Å². The van der Waals surface area contributed by atoms with Crippen molar-refractivity contribution in [1.29, 1.82) is 0 Å². The molecule has 3 amide bonds. The molecule has 0 aromatic carbocycles. The number of rotatable bonds is 3. The first-order valence-corrected chi connectivity index (χ1v) is 7.33. The Morgan fingerprint density at radius 1 is 1.45 bits per heavy atom. The standard InChI is InChI=1S/C12H16BrN5O2/c1-14-11(20)16-9-6-17(7-9)10(19)12(2-3-12)18-5-8(13)4-15-18/h4-5,9H,2-3,6-7H2,1H3,(H2,14,16,20). The summed E-state index contributed by atoms with van der Waals surface area (Å²) in [7, 11) is 1.58. The molecule has 2 aliphatic rings. The van der Waals surface area contributed by atoms with Crippen molar-refractivity contribution in [2.45, 2.75) is 24.4 Å². The lowest BCUT2D eigenvalue weighted by atomic mass is 10.1. The molecule has 2 fully saturated rings. The first-order valence-electron chi connectivity index (χ1n) is 6.53. The SMILES string of the molecule is CNC(=O)NC1CN(C(=O)C2(n3cc(Br)cn3)CC2)C1. The minimum absolute atomic E-state index is 0.0408. The summed E-state index contributed by atoms with van der Waals surface area (Å²) in [5, 5.41) is 9.53. The second kappa shape index (κ2) is 4.76. The molecule has 1 aromatic rings. The van der Waals surface area contributed by atoms with Crippen LogP contribution in [0.4, 0.5) is 4.79 Å². The Bertz CT molecular complexity index is 548. The van der Waals surface area contributed by atoms with Crippen LogP contribution in [-0.4, -0.2) is 52.8 Å². The van der Waals surface area contributed by atoms with Gasteiger partial charge in [-0.05, 0) is 28.8 Å². The summed E-state index contributed by atoms with van der Waals surface area (Å²) >= 11 is 3.35. The molecule has 8 heteroatoms. The molecular formula is C12H16BrN5O2. The van der Waals surface area contributed by atoms with E-state index in [1.54, 1.807) is 22.8 Å². The number of hydrogen-bond acceptors (Lipinski definition) is 3. The van der Waals surface area contributed by atoms with Crippen LogP contribution < -0.4 is 10.6 Å². The van der Waals surface area contributed by atoms with Crippen molar-refractivity contribution in [3.8, 4) is 0 Å². The molecule has 1 saturated carbocycles. The summed E-state index contributed by atoms with van der Waals surface area (Å²) in [5.74, 6) is 0.100. The van der Waals surface area contributed by atoms with Gasteiger partial charge in [0.05, 0.1) is 16.7 Å². The lowest BCUT2D eigenvalue weighted by Crippen LogP contribution is -2.64. The Balaban J connectivity index is 1.60. The number of carbonyl (C=O) groups is 2. The van der Waals surface area contributed by atoms with Gasteiger partial charge in [0.15, 0.2) is 0 Å². The van der Waals surface area contributed by atoms with Gasteiger partial charge in [-0.1, -0.05) is 0 Å². The van der Waals surface area contributed by atoms with E-state index in [0.29, 0.717) is 13.1 Å². The molecule has 2 heterocycles. The molecule has 3 rings (SSSR count). The minimum Gasteiger partial charge on any atom is -0.341 e. The number of halogens is 1. The molecule has 7 nitrogen and oxygen atoms in total. The molecule has 0 bridgehead atoms. The molecule has 0 radical (unpaired) electrons. The Morgan fingerprint density at radius 2 is 2.15 bits per heavy atom. The highest BCUT2D eigenvalue weighted by molar-refractivity contribution is 9.10. The zero-order chi connectivity index (χ0) is 14.3. The predicted octanol–water partition coefficient (Wildman–Crippen LogP) is 0.274. The van der Waals surface area contributed by atoms with Crippen LogP contribution in [0.2, 0.25) is 0 Å². The second-order valence-electron chi connectivity index (χ2n) is 5.27. The first kappa shape index (κ1) is 13.4. The molecule has 20 heavy (non-hydrogen) atoms. The molecule has 0 atom stereocenters. The topological polar surface area (TPSA) is 79.3 Å². The van der Waals surface area contributed by atoms with Crippen molar-refractivity contribution in [2.75, 3.05) is 20.1 Å². The largest absolute Gasteiger partial charge is 0.341 e. The fraction of sp³-hybridized carbons (Fsp3) is 0.583. The van der Waals surface area contributed by atoms with E-state index in [1.165, 1.54) is 0 Å². The Morgan fingerprint density at radius 3 is 2.65 bits per heavy atom. The molecule has 108 valence electrons. The van der Waals surface area contributed by atoms with E-state index in [0.717, 1.165) is 17.3 Å². The zero-order valence-electron chi connectivity index (χ0n) is 11.1. The predicted molar refractivity (Wildman–Crippen MR) is 75.1 cm³/mol. The van der Waals surface area contributed by atoms with Crippen LogP contribution in [0.25, 0.3) is 0 Å². The van der Waals surface area contributed by atoms with E-state index >= 15 is 0 Å². The number of amides is 3. The van der Waals surface area contributed by atoms with Gasteiger partial charge < -0.3 is 15.5 Å². The van der Waals surface area contributed by atoms with E-state index in [2.05, 4.69) is 31.7 Å². The van der Waals surface area contributed by atoms with Crippen LogP contribution in [0.5, 0.6) is 0 Å². The van der Waals surface area contributed by atoms with Gasteiger partial charge in [-0.2, -0.15) is 5.10 Å². The van der Waals surface area contributed by atoms with Gasteiger partial charge in [-0.3, -0.25) is 9.48 Å². The van der Waals surface area contributed by atoms with Gasteiger partial charge >= 0.3 is 6.03 Å². The van der Waals surface area contributed by atoms with E-state index < -0.39 is 5.54 Å². The van der Waals surface area contributed by atoms with Crippen LogP contribution in [0.3, 0.4) is 0 Å². The normalized spacial score (nSPS) is 20.2. The van der Waals surface area contributed by atoms with Crippen molar-refractivity contribution >= 4 is 27.9 Å². The highest BCUT2D eigenvalue weighted by atomic mass is 79.9. The van der Waals surface area contributed by atoms with Crippen molar-refractivity contribution < 1.29 is 9.59 Å². The second-order valence-corrected chi connectivity index (χ2v) is 6.18. The summed E-state index contributed by atoms with van der Waals surface area (Å²) in [6, 6.07) is -0.168. The van der Waals surface area contributed by atoms with Crippen LogP contribution in [-0.2, 0) is 10.3 Å². The Kier molecular flexibility index (Phi) is 3.19. The first-order chi connectivity index (χ1) is 9.55. The van der Waals surface area contributed by atoms with E-state index in [1.807, 2.05) is 6.20 Å². The smallest absolute Gasteiger partial charge is 0.314 e. The average molecular weight is 342 g/mol. The van der Waals surface area contributed by atoms with E-state index in [4.69, 9.17) is 0 Å². The highest BCUT2D eigenvalue weighted by Gasteiger charge is 2.56. The summed E-state index contributed by atoms with van der Waals surface area (Å²) in [6.07, 6.45) is 5.18. The number of nitrogens with zero attached hydrogens (tertiary/aromatic N) is 3. The summed E-state index contributed by atoms with van der Waals surface area (Å²) in [6.45, 7) is 1.13. The molecule has 1 aliphatic heterocycles. The highest BCUT2D eigenvalue weighted by Crippen LogP contribution is 2.45. The van der Waals surface area contributed by atoms with Crippen LogP contribution in [0.1, 0.15) is 12.8 Å². The van der Waals surface area contributed by atoms with Gasteiger partial charge in [0, 0.05) is 26.3 Å². The zero-order valence-corrected chi connectivity index (χ0v) is 12.7. The van der Waals surface area contributed by atoms with Crippen molar-refractivity contribution in [2.24, 2.45) is 0 Å². The van der Waals surface area contributed by atoms with Crippen molar-refractivity contribution in [1.82, 2.24) is 25.3 Å². The van der Waals surface area contributed by atoms with Crippen LogP contribution in [0, 0.1) is 0 Å². The van der Waals surface area contributed by atoms with Gasteiger partial charge in [0.1, 0.15) is 5.54 Å². The quantitative estimate of drug-likeness (QED) is 0.828. The number of urea groups is 1. The summed E-state index contributed by atoms with van der Waals surface area (Å²) in [5.41, 5.74) is -0.496. The minimum atomic E-state index is -0.496. The average Bonchev–Trinajstić information content (AvgIpc) is 3.09. The number of aromatic nitrogens is 2. The number of likely N-dealkylation sites (tertiary alicyclic amines) is 1. The maximum atomic E-state index is 12.5. The number of hydrogen-bond donors (Lipinski definition) is 2. The van der Waals surface area contributed by atoms with E-state index in [9.17, 15) is 9.59 Å². The summed E-state index contributed by atoms with van der Waals surface area (Å²) < 4.78 is 2.62. The maximum absolute atomic E-state index is 12.5. The molecule has 0 unspecified atom stereocenters. The van der Waals surface area contributed by atoms with E-state index in [-0.39, 0.29) is 18.0 Å². The maximum Gasteiger partial charge on any atom is 0.314 e. The monoisotopic (exact) mass is 341 g/mol. The molecule has 2 N–H and O–H groups in total. The number of nitrogens with one attached hydrogen (secondary N) is 2.